The summed E-state index contributed by atoms with van der Waals surface area (Å²) in [7, 11) is 0. The third kappa shape index (κ3) is 2.21. The molecule has 0 aliphatic heterocycles. The van der Waals surface area contributed by atoms with Crippen LogP contribution in [0.1, 0.15) is 22.3 Å². The Morgan fingerprint density at radius 3 is 1.51 bits per heavy atom. The van der Waals surface area contributed by atoms with Crippen LogP contribution in [0, 0.1) is 0 Å². The minimum atomic E-state index is -0.284. The molecule has 0 heterocycles. The largest absolute Gasteiger partial charge is 0.0725 e. The lowest BCUT2D eigenvalue weighted by Gasteiger charge is -2.30. The molecular weight excluding hydrogens is 444 g/mol. The zero-order chi connectivity index (χ0) is 24.1. The highest BCUT2D eigenvalue weighted by atomic mass is 14.5. The van der Waals surface area contributed by atoms with Gasteiger partial charge in [0.15, 0.2) is 0 Å². The van der Waals surface area contributed by atoms with Gasteiger partial charge in [0.2, 0.25) is 0 Å². The van der Waals surface area contributed by atoms with Gasteiger partial charge >= 0.3 is 0 Å². The minimum Gasteiger partial charge on any atom is -0.0622 e. The summed E-state index contributed by atoms with van der Waals surface area (Å²) in [6, 6.07) is 49.8. The van der Waals surface area contributed by atoms with Crippen LogP contribution in [0.15, 0.2) is 133 Å². The van der Waals surface area contributed by atoms with Crippen molar-refractivity contribution in [3.8, 4) is 22.3 Å². The van der Waals surface area contributed by atoms with E-state index in [4.69, 9.17) is 0 Å². The number of rotatable bonds is 1. The van der Waals surface area contributed by atoms with Crippen molar-refractivity contribution in [1.82, 2.24) is 0 Å². The number of hydrogen-bond donors (Lipinski definition) is 0. The standard InChI is InChI=1S/C37H22/c1-2-10-23(11-3-1)24-20-21-25-28-14-8-18-33-35(28)36-29(30(25)22-24)15-9-19-34(36)37(33)31-16-6-4-12-26(31)27-13-5-7-17-32(27)37/h1-22H. The molecule has 0 radical (unpaired) electrons. The lowest BCUT2D eigenvalue weighted by atomic mass is 9.70. The zero-order valence-electron chi connectivity index (χ0n) is 20.2. The Morgan fingerprint density at radius 2 is 0.865 bits per heavy atom. The molecule has 1 spiro atoms. The molecular formula is C37H22. The van der Waals surface area contributed by atoms with E-state index in [2.05, 4.69) is 133 Å². The van der Waals surface area contributed by atoms with Gasteiger partial charge in [0.25, 0.3) is 0 Å². The summed E-state index contributed by atoms with van der Waals surface area (Å²) in [5.41, 5.74) is 10.6. The van der Waals surface area contributed by atoms with E-state index in [9.17, 15) is 0 Å². The van der Waals surface area contributed by atoms with Crippen molar-refractivity contribution in [1.29, 1.82) is 0 Å². The Bertz CT molecular complexity index is 2030. The van der Waals surface area contributed by atoms with Crippen molar-refractivity contribution < 1.29 is 0 Å². The molecule has 0 amide bonds. The third-order valence-corrected chi connectivity index (χ3v) is 8.85. The van der Waals surface area contributed by atoms with E-state index in [0.717, 1.165) is 0 Å². The fraction of sp³-hybridized carbons (Fsp3) is 0.0270. The summed E-state index contributed by atoms with van der Waals surface area (Å²) < 4.78 is 0. The molecule has 0 heteroatoms. The van der Waals surface area contributed by atoms with Crippen LogP contribution >= 0.6 is 0 Å². The van der Waals surface area contributed by atoms with Crippen LogP contribution in [0.2, 0.25) is 0 Å². The molecule has 0 nitrogen and oxygen atoms in total. The lowest BCUT2D eigenvalue weighted by Crippen LogP contribution is -2.25. The van der Waals surface area contributed by atoms with E-state index in [1.54, 1.807) is 0 Å². The maximum Gasteiger partial charge on any atom is 0.0725 e. The van der Waals surface area contributed by atoms with Crippen LogP contribution < -0.4 is 0 Å². The molecule has 0 N–H and O–H groups in total. The topological polar surface area (TPSA) is 0 Å². The molecule has 37 heavy (non-hydrogen) atoms. The molecule has 0 bridgehead atoms. The molecule has 170 valence electrons. The predicted octanol–water partition coefficient (Wildman–Crippen LogP) is 9.49. The van der Waals surface area contributed by atoms with Crippen LogP contribution in [0.5, 0.6) is 0 Å². The van der Waals surface area contributed by atoms with E-state index in [0.29, 0.717) is 0 Å². The SMILES string of the molecule is c1ccc(-c2ccc3c(c2)c2cccc4c2c2c(cccc32)C42c3ccccc3-c3ccccc32)cc1. The van der Waals surface area contributed by atoms with Crippen LogP contribution in [-0.2, 0) is 5.41 Å². The molecule has 0 saturated heterocycles. The molecule has 2 aliphatic rings. The van der Waals surface area contributed by atoms with E-state index in [1.807, 2.05) is 0 Å². The fourth-order valence-electron chi connectivity index (χ4n) is 7.49. The van der Waals surface area contributed by atoms with Crippen molar-refractivity contribution in [3.63, 3.8) is 0 Å². The summed E-state index contributed by atoms with van der Waals surface area (Å²) in [6.07, 6.45) is 0. The van der Waals surface area contributed by atoms with Gasteiger partial charge in [0.1, 0.15) is 0 Å². The third-order valence-electron chi connectivity index (χ3n) is 8.85. The Labute approximate surface area is 215 Å². The van der Waals surface area contributed by atoms with Gasteiger partial charge in [-0.2, -0.15) is 0 Å². The first-order valence-corrected chi connectivity index (χ1v) is 13.0. The van der Waals surface area contributed by atoms with Gasteiger partial charge in [-0.25, -0.2) is 0 Å². The first-order valence-electron chi connectivity index (χ1n) is 13.0. The van der Waals surface area contributed by atoms with Gasteiger partial charge in [-0.1, -0.05) is 127 Å². The quantitative estimate of drug-likeness (QED) is 0.211. The Hall–Kier alpha value is -4.68. The lowest BCUT2D eigenvalue weighted by molar-refractivity contribution is 0.797. The first-order chi connectivity index (χ1) is 18.4. The summed E-state index contributed by atoms with van der Waals surface area (Å²) in [6.45, 7) is 0. The van der Waals surface area contributed by atoms with Crippen LogP contribution in [0.25, 0.3) is 54.6 Å². The van der Waals surface area contributed by atoms with Gasteiger partial charge in [-0.3, -0.25) is 0 Å². The first kappa shape index (κ1) is 19.5. The Kier molecular flexibility index (Phi) is 3.56. The normalized spacial score (nSPS) is 14.2. The maximum absolute atomic E-state index is 2.40. The van der Waals surface area contributed by atoms with Crippen molar-refractivity contribution in [2.45, 2.75) is 5.41 Å². The highest BCUT2D eigenvalue weighted by Crippen LogP contribution is 2.62. The fourth-order valence-corrected chi connectivity index (χ4v) is 7.49. The summed E-state index contributed by atoms with van der Waals surface area (Å²) in [5.74, 6) is 0. The summed E-state index contributed by atoms with van der Waals surface area (Å²) >= 11 is 0. The Balaban J connectivity index is 1.50. The van der Waals surface area contributed by atoms with Crippen molar-refractivity contribution in [2.24, 2.45) is 0 Å². The zero-order valence-corrected chi connectivity index (χ0v) is 20.2. The van der Waals surface area contributed by atoms with Crippen molar-refractivity contribution in [3.05, 3.63) is 156 Å². The van der Waals surface area contributed by atoms with E-state index in [-0.39, 0.29) is 5.41 Å². The van der Waals surface area contributed by atoms with Crippen LogP contribution in [-0.4, -0.2) is 0 Å². The molecule has 0 aromatic heterocycles. The molecule has 0 unspecified atom stereocenters. The number of fused-ring (bicyclic) bond motifs is 10. The van der Waals surface area contributed by atoms with E-state index >= 15 is 0 Å². The summed E-state index contributed by atoms with van der Waals surface area (Å²) in [4.78, 5) is 0. The highest BCUT2D eigenvalue weighted by Gasteiger charge is 2.50. The van der Waals surface area contributed by atoms with Crippen molar-refractivity contribution >= 4 is 32.3 Å². The second kappa shape index (κ2) is 6.75. The van der Waals surface area contributed by atoms with Gasteiger partial charge < -0.3 is 0 Å². The second-order valence-corrected chi connectivity index (χ2v) is 10.4. The molecule has 7 aromatic carbocycles. The van der Waals surface area contributed by atoms with Gasteiger partial charge in [-0.05, 0) is 82.9 Å². The molecule has 0 atom stereocenters. The number of hydrogen-bond acceptors (Lipinski definition) is 0. The van der Waals surface area contributed by atoms with Crippen molar-refractivity contribution in [2.75, 3.05) is 0 Å². The molecule has 9 rings (SSSR count). The molecule has 0 fully saturated rings. The molecule has 0 saturated carbocycles. The molecule has 7 aromatic rings. The summed E-state index contributed by atoms with van der Waals surface area (Å²) in [5, 5.41) is 8.20. The van der Waals surface area contributed by atoms with E-state index < -0.39 is 0 Å². The van der Waals surface area contributed by atoms with Crippen LogP contribution in [0.3, 0.4) is 0 Å². The average Bonchev–Trinajstić information content (AvgIpc) is 3.45. The smallest absolute Gasteiger partial charge is 0.0622 e. The predicted molar refractivity (Wildman–Crippen MR) is 155 cm³/mol. The molecule has 2 aliphatic carbocycles. The van der Waals surface area contributed by atoms with Gasteiger partial charge in [0.05, 0.1) is 5.41 Å². The van der Waals surface area contributed by atoms with Crippen LogP contribution in [0.4, 0.5) is 0 Å². The van der Waals surface area contributed by atoms with Gasteiger partial charge in [-0.15, -0.1) is 0 Å². The highest BCUT2D eigenvalue weighted by molar-refractivity contribution is 6.30. The van der Waals surface area contributed by atoms with Gasteiger partial charge in [0, 0.05) is 0 Å². The van der Waals surface area contributed by atoms with E-state index in [1.165, 1.54) is 76.8 Å². The monoisotopic (exact) mass is 466 g/mol. The average molecular weight is 467 g/mol. The Morgan fingerprint density at radius 1 is 0.324 bits per heavy atom. The minimum absolute atomic E-state index is 0.284. The maximum atomic E-state index is 2.40. The second-order valence-electron chi connectivity index (χ2n) is 10.4. The number of benzene rings is 7.